The van der Waals surface area contributed by atoms with E-state index in [9.17, 15) is 4.79 Å². The summed E-state index contributed by atoms with van der Waals surface area (Å²) in [4.78, 5) is 12.2. The van der Waals surface area contributed by atoms with E-state index in [1.807, 2.05) is 25.1 Å². The van der Waals surface area contributed by atoms with Crippen molar-refractivity contribution in [2.45, 2.75) is 26.2 Å². The molecule has 4 nitrogen and oxygen atoms in total. The van der Waals surface area contributed by atoms with Crippen LogP contribution in [0.4, 0.5) is 5.69 Å². The average Bonchev–Trinajstić information content (AvgIpc) is 2.57. The van der Waals surface area contributed by atoms with E-state index < -0.39 is 0 Å². The van der Waals surface area contributed by atoms with E-state index >= 15 is 0 Å². The van der Waals surface area contributed by atoms with Crippen molar-refractivity contribution in [3.8, 4) is 11.5 Å². The van der Waals surface area contributed by atoms with Gasteiger partial charge in [0.1, 0.15) is 0 Å². The molecular weight excluding hydrogens is 290 g/mol. The molecule has 4 heteroatoms. The molecule has 1 aliphatic rings. The third-order valence-corrected chi connectivity index (χ3v) is 4.61. The van der Waals surface area contributed by atoms with Crippen molar-refractivity contribution in [3.63, 3.8) is 0 Å². The zero-order valence-electron chi connectivity index (χ0n) is 13.9. The Labute approximate surface area is 136 Å². The number of benzene rings is 2. The van der Waals surface area contributed by atoms with E-state index in [4.69, 9.17) is 9.47 Å². The van der Waals surface area contributed by atoms with Gasteiger partial charge in [-0.1, -0.05) is 18.2 Å². The number of hydrogen-bond donors (Lipinski definition) is 1. The molecule has 120 valence electrons. The van der Waals surface area contributed by atoms with Crippen molar-refractivity contribution in [2.75, 3.05) is 19.5 Å². The molecule has 1 heterocycles. The highest BCUT2D eigenvalue weighted by Crippen LogP contribution is 2.41. The Morgan fingerprint density at radius 1 is 1.04 bits per heavy atom. The maximum absolute atomic E-state index is 12.2. The number of carbonyl (C=O) groups is 1. The van der Waals surface area contributed by atoms with Gasteiger partial charge >= 0.3 is 0 Å². The van der Waals surface area contributed by atoms with Crippen LogP contribution < -0.4 is 14.8 Å². The SMILES string of the molecule is COc1ccc([C@H]2CC(=O)Nc3c2ccc(C)c3C)cc1OC. The third-order valence-electron chi connectivity index (χ3n) is 4.61. The van der Waals surface area contributed by atoms with Crippen LogP contribution >= 0.6 is 0 Å². The Hall–Kier alpha value is -2.49. The van der Waals surface area contributed by atoms with Gasteiger partial charge in [-0.05, 0) is 48.2 Å². The van der Waals surface area contributed by atoms with Crippen molar-refractivity contribution in [1.82, 2.24) is 0 Å². The predicted octanol–water partition coefficient (Wildman–Crippen LogP) is 3.79. The fourth-order valence-electron chi connectivity index (χ4n) is 3.15. The van der Waals surface area contributed by atoms with E-state index in [2.05, 4.69) is 24.4 Å². The second-order valence-corrected chi connectivity index (χ2v) is 5.89. The van der Waals surface area contributed by atoms with Gasteiger partial charge in [-0.25, -0.2) is 0 Å². The summed E-state index contributed by atoms with van der Waals surface area (Å²) in [6, 6.07) is 10.1. The minimum atomic E-state index is 0.0258. The molecular formula is C19H21NO3. The summed E-state index contributed by atoms with van der Waals surface area (Å²) in [6.07, 6.45) is 0.436. The second-order valence-electron chi connectivity index (χ2n) is 5.89. The van der Waals surface area contributed by atoms with Crippen molar-refractivity contribution in [2.24, 2.45) is 0 Å². The molecule has 1 amide bonds. The first-order valence-corrected chi connectivity index (χ1v) is 7.67. The summed E-state index contributed by atoms with van der Waals surface area (Å²) < 4.78 is 10.7. The largest absolute Gasteiger partial charge is 0.493 e. The van der Waals surface area contributed by atoms with Crippen molar-refractivity contribution in [1.29, 1.82) is 0 Å². The molecule has 0 aromatic heterocycles. The molecule has 2 aromatic carbocycles. The number of anilines is 1. The van der Waals surface area contributed by atoms with Crippen LogP contribution in [0.1, 0.15) is 34.6 Å². The third kappa shape index (κ3) is 2.65. The van der Waals surface area contributed by atoms with Gasteiger partial charge in [0.15, 0.2) is 11.5 Å². The van der Waals surface area contributed by atoms with E-state index in [-0.39, 0.29) is 11.8 Å². The van der Waals surface area contributed by atoms with Gasteiger partial charge in [0.25, 0.3) is 0 Å². The van der Waals surface area contributed by atoms with Gasteiger partial charge in [0.05, 0.1) is 14.2 Å². The molecule has 2 aromatic rings. The quantitative estimate of drug-likeness (QED) is 0.938. The van der Waals surface area contributed by atoms with Crippen LogP contribution in [0.3, 0.4) is 0 Å². The Balaban J connectivity index is 2.11. The highest BCUT2D eigenvalue weighted by atomic mass is 16.5. The molecule has 0 spiro atoms. The fraction of sp³-hybridized carbons (Fsp3) is 0.316. The number of nitrogens with one attached hydrogen (secondary N) is 1. The van der Waals surface area contributed by atoms with Crippen LogP contribution in [-0.4, -0.2) is 20.1 Å². The summed E-state index contributed by atoms with van der Waals surface area (Å²) in [5.74, 6) is 1.45. The average molecular weight is 311 g/mol. The maximum atomic E-state index is 12.2. The van der Waals surface area contributed by atoms with Gasteiger partial charge in [-0.15, -0.1) is 0 Å². The molecule has 0 bridgehead atoms. The minimum Gasteiger partial charge on any atom is -0.493 e. The van der Waals surface area contributed by atoms with Crippen molar-refractivity contribution >= 4 is 11.6 Å². The lowest BCUT2D eigenvalue weighted by molar-refractivity contribution is -0.116. The summed E-state index contributed by atoms with van der Waals surface area (Å²) in [6.45, 7) is 4.10. The van der Waals surface area contributed by atoms with Crippen LogP contribution in [0.15, 0.2) is 30.3 Å². The lowest BCUT2D eigenvalue weighted by atomic mass is 9.83. The van der Waals surface area contributed by atoms with Crippen LogP contribution in [0.25, 0.3) is 0 Å². The molecule has 1 aliphatic heterocycles. The van der Waals surface area contributed by atoms with E-state index in [0.29, 0.717) is 17.9 Å². The molecule has 0 unspecified atom stereocenters. The zero-order valence-corrected chi connectivity index (χ0v) is 13.9. The lowest BCUT2D eigenvalue weighted by Crippen LogP contribution is -2.24. The number of carbonyl (C=O) groups excluding carboxylic acids is 1. The van der Waals surface area contributed by atoms with Crippen molar-refractivity contribution < 1.29 is 14.3 Å². The molecule has 23 heavy (non-hydrogen) atoms. The molecule has 1 atom stereocenters. The Kier molecular flexibility index (Phi) is 3.99. The number of rotatable bonds is 3. The molecule has 0 saturated heterocycles. The number of aryl methyl sites for hydroxylation is 1. The summed E-state index contributed by atoms with van der Waals surface area (Å²) in [7, 11) is 3.24. The standard InChI is InChI=1S/C19H21NO3/c1-11-5-7-14-15(10-18(21)20-19(14)12(11)2)13-6-8-16(22-3)17(9-13)23-4/h5-9,15H,10H2,1-4H3,(H,20,21)/t15-/m1/s1. The maximum Gasteiger partial charge on any atom is 0.225 e. The summed E-state index contributed by atoms with van der Waals surface area (Å²) in [5, 5.41) is 3.03. The Bertz CT molecular complexity index is 767. The highest BCUT2D eigenvalue weighted by Gasteiger charge is 2.28. The van der Waals surface area contributed by atoms with Crippen molar-refractivity contribution in [3.05, 3.63) is 52.6 Å². The monoisotopic (exact) mass is 311 g/mol. The molecule has 1 N–H and O–H groups in total. The second kappa shape index (κ2) is 5.95. The number of amides is 1. The molecule has 0 saturated carbocycles. The topological polar surface area (TPSA) is 47.6 Å². The number of hydrogen-bond acceptors (Lipinski definition) is 3. The number of methoxy groups -OCH3 is 2. The molecule has 0 aliphatic carbocycles. The number of ether oxygens (including phenoxy) is 2. The van der Waals surface area contributed by atoms with Gasteiger partial charge < -0.3 is 14.8 Å². The molecule has 0 fully saturated rings. The smallest absolute Gasteiger partial charge is 0.225 e. The fourth-order valence-corrected chi connectivity index (χ4v) is 3.15. The lowest BCUT2D eigenvalue weighted by Gasteiger charge is -2.28. The molecule has 0 radical (unpaired) electrons. The predicted molar refractivity (Wildman–Crippen MR) is 90.6 cm³/mol. The van der Waals surface area contributed by atoms with Gasteiger partial charge in [0, 0.05) is 18.0 Å². The summed E-state index contributed by atoms with van der Waals surface area (Å²) in [5.41, 5.74) is 5.46. The minimum absolute atomic E-state index is 0.0258. The molecule has 3 rings (SSSR count). The van der Waals surface area contributed by atoms with E-state index in [1.54, 1.807) is 14.2 Å². The van der Waals surface area contributed by atoms with E-state index in [0.717, 1.165) is 22.4 Å². The first kappa shape index (κ1) is 15.4. The number of fused-ring (bicyclic) bond motifs is 1. The Morgan fingerprint density at radius 2 is 1.78 bits per heavy atom. The van der Waals surface area contributed by atoms with Gasteiger partial charge in [-0.2, -0.15) is 0 Å². The van der Waals surface area contributed by atoms with Crippen LogP contribution in [-0.2, 0) is 4.79 Å². The first-order valence-electron chi connectivity index (χ1n) is 7.67. The van der Waals surface area contributed by atoms with Gasteiger partial charge in [-0.3, -0.25) is 4.79 Å². The van der Waals surface area contributed by atoms with Crippen LogP contribution in [0.2, 0.25) is 0 Å². The summed E-state index contributed by atoms with van der Waals surface area (Å²) >= 11 is 0. The Morgan fingerprint density at radius 3 is 2.48 bits per heavy atom. The van der Waals surface area contributed by atoms with Gasteiger partial charge in [0.2, 0.25) is 5.91 Å². The first-order chi connectivity index (χ1) is 11.0. The van der Waals surface area contributed by atoms with Crippen LogP contribution in [0, 0.1) is 13.8 Å². The van der Waals surface area contributed by atoms with E-state index in [1.165, 1.54) is 5.56 Å². The normalized spacial score (nSPS) is 16.5. The van der Waals surface area contributed by atoms with Crippen LogP contribution in [0.5, 0.6) is 11.5 Å². The zero-order chi connectivity index (χ0) is 16.6. The highest BCUT2D eigenvalue weighted by molar-refractivity contribution is 5.96.